The molecule has 0 aliphatic carbocycles. The van der Waals surface area contributed by atoms with Crippen LogP contribution >= 0.6 is 24.8 Å². The summed E-state index contributed by atoms with van der Waals surface area (Å²) < 4.78 is 1.57. The number of rotatable bonds is 4. The molecule has 3 N–H and O–H groups in total. The van der Waals surface area contributed by atoms with Crippen LogP contribution in [0.15, 0.2) is 6.07 Å². The molecule has 9 heteroatoms. The third-order valence-corrected chi connectivity index (χ3v) is 3.92. The first kappa shape index (κ1) is 21.6. The van der Waals surface area contributed by atoms with Gasteiger partial charge in [-0.3, -0.25) is 4.79 Å². The van der Waals surface area contributed by atoms with E-state index in [2.05, 4.69) is 20.4 Å². The lowest BCUT2D eigenvalue weighted by Gasteiger charge is -2.33. The summed E-state index contributed by atoms with van der Waals surface area (Å²) in [6.07, 6.45) is 0. The van der Waals surface area contributed by atoms with Crippen molar-refractivity contribution in [1.82, 2.24) is 24.9 Å². The van der Waals surface area contributed by atoms with Gasteiger partial charge in [0.1, 0.15) is 0 Å². The van der Waals surface area contributed by atoms with Crippen LogP contribution in [0, 0.1) is 19.8 Å². The average molecular weight is 363 g/mol. The number of nitrogens with zero attached hydrogens (tertiary/aromatic N) is 4. The normalized spacial score (nSPS) is 13.2. The SMILES string of the molecule is Cc1cc(C)n2nc(C(=O)NC(C)(CN)C(C)C)nc2n1.Cl.Cl. The van der Waals surface area contributed by atoms with Gasteiger partial charge in [-0.25, -0.2) is 9.50 Å². The van der Waals surface area contributed by atoms with Crippen molar-refractivity contribution in [2.75, 3.05) is 6.54 Å². The van der Waals surface area contributed by atoms with Crippen LogP contribution < -0.4 is 11.1 Å². The Morgan fingerprint density at radius 1 is 1.35 bits per heavy atom. The largest absolute Gasteiger partial charge is 0.343 e. The number of nitrogens with two attached hydrogens (primary N) is 1. The average Bonchev–Trinajstić information content (AvgIpc) is 2.82. The minimum absolute atomic E-state index is 0. The summed E-state index contributed by atoms with van der Waals surface area (Å²) in [5, 5.41) is 7.15. The van der Waals surface area contributed by atoms with E-state index in [-0.39, 0.29) is 42.5 Å². The Hall–Kier alpha value is -1.44. The standard InChI is InChI=1S/C14H22N6O.2ClH/c1-8(2)14(5,7-15)18-12(21)11-17-13-16-9(3)6-10(4)20(13)19-11;;/h6,8H,7,15H2,1-5H3,(H,18,21);2*1H. The molecule has 1 unspecified atom stereocenters. The highest BCUT2D eigenvalue weighted by Gasteiger charge is 2.30. The van der Waals surface area contributed by atoms with Gasteiger partial charge in [-0.15, -0.1) is 29.9 Å². The minimum Gasteiger partial charge on any atom is -0.343 e. The summed E-state index contributed by atoms with van der Waals surface area (Å²) in [4.78, 5) is 20.8. The van der Waals surface area contributed by atoms with Crippen LogP contribution in [0.3, 0.4) is 0 Å². The molecule has 1 amide bonds. The summed E-state index contributed by atoms with van der Waals surface area (Å²) in [6.45, 7) is 10.1. The smallest absolute Gasteiger partial charge is 0.291 e. The Balaban J connectivity index is 0.00000242. The van der Waals surface area contributed by atoms with Gasteiger partial charge in [-0.1, -0.05) is 13.8 Å². The number of amides is 1. The van der Waals surface area contributed by atoms with Crippen molar-refractivity contribution in [1.29, 1.82) is 0 Å². The molecule has 0 saturated carbocycles. The van der Waals surface area contributed by atoms with Crippen LogP contribution in [0.1, 0.15) is 42.8 Å². The predicted octanol–water partition coefficient (Wildman–Crippen LogP) is 1.69. The maximum absolute atomic E-state index is 12.4. The second-order valence-electron chi connectivity index (χ2n) is 5.92. The third kappa shape index (κ3) is 4.31. The zero-order valence-electron chi connectivity index (χ0n) is 14.0. The monoisotopic (exact) mass is 362 g/mol. The molecular weight excluding hydrogens is 339 g/mol. The summed E-state index contributed by atoms with van der Waals surface area (Å²) in [6, 6.07) is 1.89. The molecule has 2 rings (SSSR count). The van der Waals surface area contributed by atoms with E-state index in [4.69, 9.17) is 5.73 Å². The zero-order chi connectivity index (χ0) is 15.8. The van der Waals surface area contributed by atoms with Gasteiger partial charge in [0.2, 0.25) is 5.82 Å². The second kappa shape index (κ2) is 7.90. The first-order chi connectivity index (χ1) is 9.76. The van der Waals surface area contributed by atoms with E-state index in [9.17, 15) is 4.79 Å². The summed E-state index contributed by atoms with van der Waals surface area (Å²) in [5.41, 5.74) is 7.01. The van der Waals surface area contributed by atoms with E-state index in [1.54, 1.807) is 4.52 Å². The molecule has 0 fully saturated rings. The molecule has 0 saturated heterocycles. The number of fused-ring (bicyclic) bond motifs is 1. The van der Waals surface area contributed by atoms with Gasteiger partial charge in [0, 0.05) is 17.9 Å². The molecule has 2 heterocycles. The van der Waals surface area contributed by atoms with E-state index in [1.165, 1.54) is 0 Å². The molecule has 1 atom stereocenters. The first-order valence-electron chi connectivity index (χ1n) is 7.00. The van der Waals surface area contributed by atoms with Crippen LogP contribution in [0.5, 0.6) is 0 Å². The third-order valence-electron chi connectivity index (χ3n) is 3.92. The van der Waals surface area contributed by atoms with Crippen LogP contribution in [-0.4, -0.2) is 37.6 Å². The van der Waals surface area contributed by atoms with Gasteiger partial charge in [0.25, 0.3) is 11.7 Å². The molecule has 7 nitrogen and oxygen atoms in total. The number of carbonyl (C=O) groups excluding carboxylic acids is 1. The molecule has 23 heavy (non-hydrogen) atoms. The highest BCUT2D eigenvalue weighted by molar-refractivity contribution is 5.91. The van der Waals surface area contributed by atoms with Gasteiger partial charge in [0.05, 0.1) is 5.54 Å². The number of hydrogen-bond acceptors (Lipinski definition) is 5. The molecule has 0 aliphatic rings. The summed E-state index contributed by atoms with van der Waals surface area (Å²) >= 11 is 0. The molecule has 0 spiro atoms. The number of halogens is 2. The van der Waals surface area contributed by atoms with E-state index >= 15 is 0 Å². The molecular formula is C14H24Cl2N6O. The van der Waals surface area contributed by atoms with Gasteiger partial charge in [0.15, 0.2) is 0 Å². The number of aryl methyl sites for hydroxylation is 2. The number of nitrogens with one attached hydrogen (secondary N) is 1. The summed E-state index contributed by atoms with van der Waals surface area (Å²) in [5.74, 6) is 0.401. The van der Waals surface area contributed by atoms with E-state index < -0.39 is 5.54 Å². The lowest BCUT2D eigenvalue weighted by atomic mass is 9.88. The Morgan fingerprint density at radius 3 is 2.48 bits per heavy atom. The number of aromatic nitrogens is 4. The Kier molecular flexibility index (Phi) is 7.40. The van der Waals surface area contributed by atoms with Crippen LogP contribution in [0.2, 0.25) is 0 Å². The van der Waals surface area contributed by atoms with Gasteiger partial charge in [-0.2, -0.15) is 4.98 Å². The maximum atomic E-state index is 12.4. The van der Waals surface area contributed by atoms with Gasteiger partial charge >= 0.3 is 0 Å². The van der Waals surface area contributed by atoms with Crippen molar-refractivity contribution in [2.45, 2.75) is 40.2 Å². The molecule has 0 aromatic carbocycles. The lowest BCUT2D eigenvalue weighted by molar-refractivity contribution is 0.0872. The number of carbonyl (C=O) groups is 1. The van der Waals surface area contributed by atoms with Crippen molar-refractivity contribution in [3.63, 3.8) is 0 Å². The van der Waals surface area contributed by atoms with Crippen LogP contribution in [0.25, 0.3) is 5.78 Å². The highest BCUT2D eigenvalue weighted by Crippen LogP contribution is 2.15. The predicted molar refractivity (Wildman–Crippen MR) is 94.5 cm³/mol. The number of hydrogen-bond donors (Lipinski definition) is 2. The fourth-order valence-corrected chi connectivity index (χ4v) is 2.01. The first-order valence-corrected chi connectivity index (χ1v) is 7.00. The Labute approximate surface area is 148 Å². The highest BCUT2D eigenvalue weighted by atomic mass is 35.5. The maximum Gasteiger partial charge on any atom is 0.291 e. The van der Waals surface area contributed by atoms with Crippen molar-refractivity contribution in [2.24, 2.45) is 11.7 Å². The van der Waals surface area contributed by atoms with E-state index in [1.807, 2.05) is 40.7 Å². The fourth-order valence-electron chi connectivity index (χ4n) is 2.01. The van der Waals surface area contributed by atoms with Crippen molar-refractivity contribution < 1.29 is 4.79 Å². The quantitative estimate of drug-likeness (QED) is 0.861. The Bertz CT molecular complexity index is 687. The van der Waals surface area contributed by atoms with Crippen LogP contribution in [0.4, 0.5) is 0 Å². The fraction of sp³-hybridized carbons (Fsp3) is 0.571. The van der Waals surface area contributed by atoms with E-state index in [0.717, 1.165) is 11.4 Å². The molecule has 0 bridgehead atoms. The lowest BCUT2D eigenvalue weighted by Crippen LogP contribution is -2.55. The van der Waals surface area contributed by atoms with E-state index in [0.29, 0.717) is 12.3 Å². The molecule has 2 aromatic rings. The molecule has 2 aromatic heterocycles. The zero-order valence-corrected chi connectivity index (χ0v) is 15.6. The summed E-state index contributed by atoms with van der Waals surface area (Å²) in [7, 11) is 0. The van der Waals surface area contributed by atoms with Crippen molar-refractivity contribution in [3.8, 4) is 0 Å². The van der Waals surface area contributed by atoms with Gasteiger partial charge in [-0.05, 0) is 32.8 Å². The van der Waals surface area contributed by atoms with Gasteiger partial charge < -0.3 is 11.1 Å². The van der Waals surface area contributed by atoms with Crippen LogP contribution in [-0.2, 0) is 0 Å². The second-order valence-corrected chi connectivity index (χ2v) is 5.92. The molecule has 0 aliphatic heterocycles. The molecule has 130 valence electrons. The van der Waals surface area contributed by atoms with Crippen molar-refractivity contribution >= 4 is 36.5 Å². The topological polar surface area (TPSA) is 98.2 Å². The minimum atomic E-state index is -0.493. The van der Waals surface area contributed by atoms with Crippen molar-refractivity contribution in [3.05, 3.63) is 23.3 Å². The Morgan fingerprint density at radius 2 is 1.96 bits per heavy atom. The molecule has 0 radical (unpaired) electrons.